The molecule has 0 aliphatic carbocycles. The van der Waals surface area contributed by atoms with Crippen molar-refractivity contribution in [1.29, 1.82) is 0 Å². The van der Waals surface area contributed by atoms with Crippen LogP contribution in [0, 0.1) is 0 Å². The molecule has 6 heteroatoms. The first-order chi connectivity index (χ1) is 15.2. The molecule has 0 fully saturated rings. The number of rotatable bonds is 7. The molecule has 1 heterocycles. The fourth-order valence-electron chi connectivity index (χ4n) is 2.85. The Balaban J connectivity index is 1.36. The van der Waals surface area contributed by atoms with E-state index in [9.17, 15) is 9.59 Å². The van der Waals surface area contributed by atoms with Crippen LogP contribution in [-0.4, -0.2) is 11.9 Å². The van der Waals surface area contributed by atoms with Gasteiger partial charge in [0.05, 0.1) is 11.8 Å². The SMILES string of the molecule is O=C(OCc1ccccc1Oc1ccccc1)c1ccc(NC(=O)c2ccco2)cc1. The van der Waals surface area contributed by atoms with Gasteiger partial charge < -0.3 is 19.2 Å². The lowest BCUT2D eigenvalue weighted by Gasteiger charge is -2.12. The number of furan rings is 1. The monoisotopic (exact) mass is 413 g/mol. The van der Waals surface area contributed by atoms with Crippen molar-refractivity contribution in [1.82, 2.24) is 0 Å². The van der Waals surface area contributed by atoms with Gasteiger partial charge in [0.15, 0.2) is 5.76 Å². The van der Waals surface area contributed by atoms with Crippen LogP contribution in [0.25, 0.3) is 0 Å². The second-order valence-corrected chi connectivity index (χ2v) is 6.61. The molecule has 0 spiro atoms. The van der Waals surface area contributed by atoms with Crippen LogP contribution in [0.15, 0.2) is 102 Å². The minimum absolute atomic E-state index is 0.0683. The van der Waals surface area contributed by atoms with Crippen molar-refractivity contribution in [2.45, 2.75) is 6.61 Å². The Kier molecular flexibility index (Phi) is 6.09. The smallest absolute Gasteiger partial charge is 0.338 e. The van der Waals surface area contributed by atoms with Crippen LogP contribution in [0.4, 0.5) is 5.69 Å². The highest BCUT2D eigenvalue weighted by molar-refractivity contribution is 6.02. The molecular weight excluding hydrogens is 394 g/mol. The van der Waals surface area contributed by atoms with Crippen LogP contribution >= 0.6 is 0 Å². The fraction of sp³-hybridized carbons (Fsp3) is 0.0400. The largest absolute Gasteiger partial charge is 0.459 e. The highest BCUT2D eigenvalue weighted by atomic mass is 16.5. The Hall–Kier alpha value is -4.32. The number of amides is 1. The van der Waals surface area contributed by atoms with Crippen molar-refractivity contribution in [3.8, 4) is 11.5 Å². The first kappa shape index (κ1) is 20.0. The van der Waals surface area contributed by atoms with Crippen LogP contribution in [0.3, 0.4) is 0 Å². The minimum atomic E-state index is -0.474. The van der Waals surface area contributed by atoms with E-state index in [2.05, 4.69) is 5.32 Å². The summed E-state index contributed by atoms with van der Waals surface area (Å²) in [6.07, 6.45) is 1.43. The summed E-state index contributed by atoms with van der Waals surface area (Å²) in [4.78, 5) is 24.5. The summed E-state index contributed by atoms with van der Waals surface area (Å²) in [5, 5.41) is 2.70. The van der Waals surface area contributed by atoms with Crippen LogP contribution in [0.5, 0.6) is 11.5 Å². The van der Waals surface area contributed by atoms with Gasteiger partial charge in [-0.1, -0.05) is 36.4 Å². The summed E-state index contributed by atoms with van der Waals surface area (Å²) in [7, 11) is 0. The van der Waals surface area contributed by atoms with Crippen molar-refractivity contribution < 1.29 is 23.5 Å². The zero-order valence-electron chi connectivity index (χ0n) is 16.5. The molecule has 4 aromatic rings. The van der Waals surface area contributed by atoms with Crippen molar-refractivity contribution in [2.24, 2.45) is 0 Å². The van der Waals surface area contributed by atoms with E-state index in [1.165, 1.54) is 6.26 Å². The van der Waals surface area contributed by atoms with Crippen LogP contribution in [0.1, 0.15) is 26.5 Å². The van der Waals surface area contributed by atoms with E-state index in [4.69, 9.17) is 13.9 Å². The number of carbonyl (C=O) groups is 2. The van der Waals surface area contributed by atoms with Gasteiger partial charge in [-0.15, -0.1) is 0 Å². The Morgan fingerprint density at radius 3 is 2.29 bits per heavy atom. The third kappa shape index (κ3) is 5.19. The number of anilines is 1. The number of nitrogens with one attached hydrogen (secondary N) is 1. The van der Waals surface area contributed by atoms with Crippen molar-refractivity contribution >= 4 is 17.6 Å². The lowest BCUT2D eigenvalue weighted by atomic mass is 10.2. The van der Waals surface area contributed by atoms with Gasteiger partial charge in [0, 0.05) is 11.3 Å². The highest BCUT2D eigenvalue weighted by Gasteiger charge is 2.12. The van der Waals surface area contributed by atoms with Gasteiger partial charge in [0.25, 0.3) is 5.91 Å². The summed E-state index contributed by atoms with van der Waals surface area (Å²) in [5.41, 5.74) is 1.67. The Bertz CT molecular complexity index is 1150. The fourth-order valence-corrected chi connectivity index (χ4v) is 2.85. The molecule has 154 valence electrons. The quantitative estimate of drug-likeness (QED) is 0.394. The molecule has 1 N–H and O–H groups in total. The molecule has 0 bridgehead atoms. The number of hydrogen-bond acceptors (Lipinski definition) is 5. The van der Waals surface area contributed by atoms with Crippen molar-refractivity contribution in [3.63, 3.8) is 0 Å². The molecule has 6 nitrogen and oxygen atoms in total. The van der Waals surface area contributed by atoms with Crippen LogP contribution < -0.4 is 10.1 Å². The third-order valence-electron chi connectivity index (χ3n) is 4.43. The molecule has 0 unspecified atom stereocenters. The summed E-state index contributed by atoms with van der Waals surface area (Å²) in [6, 6.07) is 26.4. The Morgan fingerprint density at radius 1 is 0.806 bits per heavy atom. The van der Waals surface area contributed by atoms with E-state index in [1.54, 1.807) is 36.4 Å². The molecule has 1 amide bonds. The van der Waals surface area contributed by atoms with E-state index in [-0.39, 0.29) is 18.3 Å². The lowest BCUT2D eigenvalue weighted by Crippen LogP contribution is -2.11. The summed E-state index contributed by atoms with van der Waals surface area (Å²) < 4.78 is 16.4. The first-order valence-corrected chi connectivity index (χ1v) is 9.62. The predicted molar refractivity (Wildman–Crippen MR) is 115 cm³/mol. The average molecular weight is 413 g/mol. The molecule has 3 aromatic carbocycles. The molecule has 4 rings (SSSR count). The lowest BCUT2D eigenvalue weighted by molar-refractivity contribution is 0.0470. The van der Waals surface area contributed by atoms with Gasteiger partial charge in [-0.3, -0.25) is 4.79 Å². The molecule has 0 radical (unpaired) electrons. The summed E-state index contributed by atoms with van der Waals surface area (Å²) in [5.74, 6) is 0.694. The number of hydrogen-bond donors (Lipinski definition) is 1. The average Bonchev–Trinajstić information content (AvgIpc) is 3.35. The maximum absolute atomic E-state index is 12.4. The Labute approximate surface area is 179 Å². The van der Waals surface area contributed by atoms with Gasteiger partial charge in [-0.25, -0.2) is 4.79 Å². The maximum atomic E-state index is 12.4. The molecule has 0 atom stereocenters. The normalized spacial score (nSPS) is 10.3. The van der Waals surface area contributed by atoms with Crippen molar-refractivity contribution in [3.05, 3.63) is 114 Å². The zero-order valence-corrected chi connectivity index (χ0v) is 16.5. The van der Waals surface area contributed by atoms with Gasteiger partial charge in [0.2, 0.25) is 0 Å². The molecule has 0 saturated carbocycles. The van der Waals surface area contributed by atoms with E-state index < -0.39 is 5.97 Å². The minimum Gasteiger partial charge on any atom is -0.459 e. The van der Waals surface area contributed by atoms with Crippen LogP contribution in [0.2, 0.25) is 0 Å². The number of esters is 1. The van der Waals surface area contributed by atoms with E-state index in [1.807, 2.05) is 54.6 Å². The van der Waals surface area contributed by atoms with E-state index >= 15 is 0 Å². The first-order valence-electron chi connectivity index (χ1n) is 9.62. The van der Waals surface area contributed by atoms with E-state index in [0.29, 0.717) is 22.7 Å². The number of carbonyl (C=O) groups excluding carboxylic acids is 2. The molecule has 0 aliphatic heterocycles. The topological polar surface area (TPSA) is 77.8 Å². The van der Waals surface area contributed by atoms with Gasteiger partial charge in [-0.05, 0) is 54.6 Å². The molecule has 31 heavy (non-hydrogen) atoms. The van der Waals surface area contributed by atoms with Crippen LogP contribution in [-0.2, 0) is 11.3 Å². The van der Waals surface area contributed by atoms with Crippen molar-refractivity contribution in [2.75, 3.05) is 5.32 Å². The second kappa shape index (κ2) is 9.45. The zero-order chi connectivity index (χ0) is 21.5. The number of benzene rings is 3. The second-order valence-electron chi connectivity index (χ2n) is 6.61. The standard InChI is InChI=1S/C25H19NO5/c27-24(23-11-6-16-29-23)26-20-14-12-18(13-15-20)25(28)30-17-19-7-4-5-10-22(19)31-21-8-2-1-3-9-21/h1-16H,17H2,(H,26,27). The maximum Gasteiger partial charge on any atom is 0.338 e. The Morgan fingerprint density at radius 2 is 1.55 bits per heavy atom. The van der Waals surface area contributed by atoms with Gasteiger partial charge in [-0.2, -0.15) is 0 Å². The molecule has 0 saturated heterocycles. The highest BCUT2D eigenvalue weighted by Crippen LogP contribution is 2.26. The molecular formula is C25H19NO5. The predicted octanol–water partition coefficient (Wildman–Crippen LogP) is 5.68. The van der Waals surface area contributed by atoms with E-state index in [0.717, 1.165) is 5.56 Å². The summed E-state index contributed by atoms with van der Waals surface area (Å²) >= 11 is 0. The molecule has 1 aromatic heterocycles. The molecule has 0 aliphatic rings. The third-order valence-corrected chi connectivity index (χ3v) is 4.43. The number of ether oxygens (including phenoxy) is 2. The summed E-state index contributed by atoms with van der Waals surface area (Å²) in [6.45, 7) is 0.0683. The van der Waals surface area contributed by atoms with Gasteiger partial charge in [0.1, 0.15) is 18.1 Å². The number of para-hydroxylation sites is 2. The van der Waals surface area contributed by atoms with Gasteiger partial charge >= 0.3 is 5.97 Å².